The molecule has 6 heteroatoms. The van der Waals surface area contributed by atoms with Gasteiger partial charge in [-0.05, 0) is 65.0 Å². The van der Waals surface area contributed by atoms with Crippen molar-refractivity contribution in [2.45, 2.75) is 0 Å². The van der Waals surface area contributed by atoms with Crippen molar-refractivity contribution in [2.24, 2.45) is 0 Å². The molecule has 4 heterocycles. The second-order valence-electron chi connectivity index (χ2n) is 13.0. The Hall–Kier alpha value is -7.02. The molecular formula is C48H29N5S. The molecule has 0 saturated carbocycles. The Labute approximate surface area is 324 Å². The van der Waals surface area contributed by atoms with E-state index >= 15 is 0 Å². The van der Waals surface area contributed by atoms with Crippen LogP contribution in [0.2, 0.25) is 0 Å². The highest BCUT2D eigenvalue weighted by molar-refractivity contribution is 7.26. The van der Waals surface area contributed by atoms with Crippen LogP contribution in [-0.2, 0) is 0 Å². The van der Waals surface area contributed by atoms with Crippen LogP contribution in [0.4, 0.5) is 0 Å². The van der Waals surface area contributed by atoms with Crippen LogP contribution < -0.4 is 0 Å². The van der Waals surface area contributed by atoms with Crippen molar-refractivity contribution >= 4 is 64.1 Å². The van der Waals surface area contributed by atoms with Crippen molar-refractivity contribution < 1.29 is 9.60 Å². The van der Waals surface area contributed by atoms with Gasteiger partial charge in [0.05, 0.1) is 26.3 Å². The normalized spacial score (nSPS) is 13.5. The van der Waals surface area contributed by atoms with Crippen molar-refractivity contribution in [3.63, 3.8) is 0 Å². The summed E-state index contributed by atoms with van der Waals surface area (Å²) in [4.78, 5) is 19.6. The zero-order valence-electron chi connectivity index (χ0n) is 35.3. The molecule has 0 unspecified atom stereocenters. The number of thiophene rings is 1. The van der Waals surface area contributed by atoms with E-state index in [0.29, 0.717) is 22.9 Å². The highest BCUT2D eigenvalue weighted by Crippen LogP contribution is 2.41. The summed E-state index contributed by atoms with van der Waals surface area (Å²) in [6.07, 6.45) is 3.54. The molecular weight excluding hydrogens is 679 g/mol. The van der Waals surface area contributed by atoms with E-state index < -0.39 is 12.1 Å². The molecule has 0 saturated heterocycles. The third kappa shape index (κ3) is 4.92. The first kappa shape index (κ1) is 24.3. The van der Waals surface area contributed by atoms with Gasteiger partial charge in [0.15, 0.2) is 17.5 Å². The maximum absolute atomic E-state index is 9.12. The molecule has 5 nitrogen and oxygen atoms in total. The lowest BCUT2D eigenvalue weighted by Gasteiger charge is -2.15. The van der Waals surface area contributed by atoms with E-state index in [2.05, 4.69) is 59.6 Å². The van der Waals surface area contributed by atoms with Crippen LogP contribution in [0.25, 0.3) is 104 Å². The monoisotopic (exact) mass is 714 g/mol. The van der Waals surface area contributed by atoms with Gasteiger partial charge in [0.1, 0.15) is 0 Å². The Bertz CT molecular complexity index is 3660. The van der Waals surface area contributed by atoms with E-state index in [4.69, 9.17) is 24.5 Å². The van der Waals surface area contributed by atoms with Crippen molar-refractivity contribution in [3.05, 3.63) is 176 Å². The number of para-hydroxylation sites is 3. The van der Waals surface area contributed by atoms with E-state index in [1.165, 1.54) is 26.2 Å². The molecule has 4 aromatic heterocycles. The zero-order valence-corrected chi connectivity index (χ0v) is 29.2. The van der Waals surface area contributed by atoms with Gasteiger partial charge in [-0.25, -0.2) is 15.0 Å². The van der Waals surface area contributed by atoms with Gasteiger partial charge in [-0.3, -0.25) is 4.98 Å². The van der Waals surface area contributed by atoms with Crippen molar-refractivity contribution in [1.82, 2.24) is 24.5 Å². The van der Waals surface area contributed by atoms with Crippen molar-refractivity contribution in [3.8, 4) is 51.0 Å². The first-order valence-electron chi connectivity index (χ1n) is 20.9. The summed E-state index contributed by atoms with van der Waals surface area (Å²) in [6, 6.07) is 37.1. The van der Waals surface area contributed by atoms with Gasteiger partial charge in [0.2, 0.25) is 0 Å². The van der Waals surface area contributed by atoms with E-state index in [0.717, 1.165) is 33.0 Å². The molecule has 7 aromatic carbocycles. The number of benzene rings is 7. The van der Waals surface area contributed by atoms with Crippen molar-refractivity contribution in [2.75, 3.05) is 0 Å². The molecule has 0 aliphatic rings. The molecule has 0 N–H and O–H groups in total. The van der Waals surface area contributed by atoms with Crippen LogP contribution in [0.1, 0.15) is 9.60 Å². The average Bonchev–Trinajstić information content (AvgIpc) is 3.87. The van der Waals surface area contributed by atoms with Crippen LogP contribution in [-0.4, -0.2) is 24.5 Å². The Morgan fingerprint density at radius 1 is 0.500 bits per heavy atom. The third-order valence-electron chi connectivity index (χ3n) is 9.84. The first-order valence-corrected chi connectivity index (χ1v) is 18.2. The van der Waals surface area contributed by atoms with Gasteiger partial charge >= 0.3 is 0 Å². The number of fused-ring (bicyclic) bond motifs is 7. The lowest BCUT2D eigenvalue weighted by Crippen LogP contribution is -2.03. The number of hydrogen-bond acceptors (Lipinski definition) is 5. The Kier molecular flexibility index (Phi) is 5.53. The molecule has 0 radical (unpaired) electrons. The highest BCUT2D eigenvalue weighted by Gasteiger charge is 2.20. The molecule has 0 fully saturated rings. The Morgan fingerprint density at radius 2 is 1.22 bits per heavy atom. The van der Waals surface area contributed by atoms with E-state index in [1.807, 2.05) is 48.5 Å². The van der Waals surface area contributed by atoms with Gasteiger partial charge in [-0.2, -0.15) is 0 Å². The second-order valence-corrected chi connectivity index (χ2v) is 14.0. The first-order chi connectivity index (χ1) is 29.7. The predicted octanol–water partition coefficient (Wildman–Crippen LogP) is 12.6. The van der Waals surface area contributed by atoms with Crippen LogP contribution in [0.15, 0.2) is 176 Å². The Balaban J connectivity index is 1.18. The smallest absolute Gasteiger partial charge is 0.166 e. The molecule has 0 bridgehead atoms. The van der Waals surface area contributed by atoms with Gasteiger partial charge in [-0.1, -0.05) is 115 Å². The maximum Gasteiger partial charge on any atom is 0.166 e. The molecule has 11 aromatic rings. The summed E-state index contributed by atoms with van der Waals surface area (Å²) in [5.41, 5.74) is 4.77. The van der Waals surface area contributed by atoms with Crippen LogP contribution in [0.5, 0.6) is 0 Å². The molecule has 11 rings (SSSR count). The zero-order chi connectivity index (χ0) is 41.7. The molecule has 0 aliphatic carbocycles. The lowest BCUT2D eigenvalue weighted by molar-refractivity contribution is 1.06. The molecule has 0 spiro atoms. The molecule has 252 valence electrons. The fraction of sp³-hybridized carbons (Fsp3) is 0. The summed E-state index contributed by atoms with van der Waals surface area (Å²) in [5.74, 6) is 1.10. The maximum atomic E-state index is 9.12. The Morgan fingerprint density at radius 3 is 2.17 bits per heavy atom. The number of hydrogen-bond donors (Lipinski definition) is 0. The number of aromatic nitrogens is 5. The van der Waals surface area contributed by atoms with E-state index in [-0.39, 0.29) is 57.8 Å². The minimum Gasteiger partial charge on any atom is -0.309 e. The lowest BCUT2D eigenvalue weighted by atomic mass is 10.0. The minimum absolute atomic E-state index is 0.0663. The molecule has 54 heavy (non-hydrogen) atoms. The standard InChI is InChI=1S/C48H29N5S/c1-5-19-41-36(13-1)37-14-2-6-20-42(37)53(41)43-21-7-3-16-40(43)48-51-46(50-47(52-48)33-23-24-34-29-49-26-25-30(34)27-33)32-12-9-11-31(28-32)35-17-10-18-39-38-15-4-8-22-44(38)54-45(35)39/h1-29H/i1D,2D,5D,13D,14D,19D,20D. The second kappa shape index (κ2) is 12.3. The van der Waals surface area contributed by atoms with Crippen molar-refractivity contribution in [1.29, 1.82) is 0 Å². The number of rotatable bonds is 5. The van der Waals surface area contributed by atoms with Crippen LogP contribution in [0.3, 0.4) is 0 Å². The molecule has 0 aliphatic heterocycles. The topological polar surface area (TPSA) is 56.5 Å². The summed E-state index contributed by atoms with van der Waals surface area (Å²) < 4.78 is 65.7. The summed E-state index contributed by atoms with van der Waals surface area (Å²) >= 11 is 1.76. The van der Waals surface area contributed by atoms with Gasteiger partial charge in [0, 0.05) is 65.4 Å². The van der Waals surface area contributed by atoms with E-state index in [1.54, 1.807) is 40.4 Å². The summed E-state index contributed by atoms with van der Waals surface area (Å²) in [7, 11) is 0. The summed E-state index contributed by atoms with van der Waals surface area (Å²) in [6.45, 7) is 0. The third-order valence-corrected chi connectivity index (χ3v) is 11.1. The average molecular weight is 715 g/mol. The SMILES string of the molecule is [2H]c1cc([2H])c2c(c1[2H])c1c([2H])c([2H])c([2H])c([2H])c1n2-c1ccccc1-c1nc(-c2cccc(-c3cccc4c3sc3ccccc34)c2)nc(-c2ccc3cnccc3c2)n1. The van der Waals surface area contributed by atoms with Crippen LogP contribution >= 0.6 is 11.3 Å². The quantitative estimate of drug-likeness (QED) is 0.178. The fourth-order valence-corrected chi connectivity index (χ4v) is 8.58. The molecule has 0 atom stereocenters. The summed E-state index contributed by atoms with van der Waals surface area (Å²) in [5, 5.41) is 4.49. The van der Waals surface area contributed by atoms with E-state index in [9.17, 15) is 0 Å². The van der Waals surface area contributed by atoms with Crippen LogP contribution in [0, 0.1) is 0 Å². The number of nitrogens with zero attached hydrogens (tertiary/aromatic N) is 5. The van der Waals surface area contributed by atoms with Gasteiger partial charge in [-0.15, -0.1) is 11.3 Å². The molecule has 0 amide bonds. The van der Waals surface area contributed by atoms with Gasteiger partial charge < -0.3 is 4.57 Å². The van der Waals surface area contributed by atoms with Gasteiger partial charge in [0.25, 0.3) is 0 Å². The largest absolute Gasteiger partial charge is 0.309 e. The predicted molar refractivity (Wildman–Crippen MR) is 224 cm³/mol. The highest BCUT2D eigenvalue weighted by atomic mass is 32.1. The number of pyridine rings is 1. The minimum atomic E-state index is -0.463. The fourth-order valence-electron chi connectivity index (χ4n) is 7.34.